The number of unbranched alkanes of at least 4 members (excludes halogenated alkanes) is 1. The van der Waals surface area contributed by atoms with Crippen molar-refractivity contribution in [3.63, 3.8) is 0 Å². The zero-order chi connectivity index (χ0) is 22.6. The van der Waals surface area contributed by atoms with Gasteiger partial charge in [-0.1, -0.05) is 30.3 Å². The first-order valence-electron chi connectivity index (χ1n) is 12.5. The van der Waals surface area contributed by atoms with Gasteiger partial charge in [-0.25, -0.2) is 0 Å². The van der Waals surface area contributed by atoms with Crippen molar-refractivity contribution in [3.05, 3.63) is 35.9 Å². The minimum Gasteiger partial charge on any atom is -0.369 e. The maximum absolute atomic E-state index is 11.3. The van der Waals surface area contributed by atoms with Crippen LogP contribution in [0.5, 0.6) is 0 Å². The van der Waals surface area contributed by atoms with Gasteiger partial charge in [-0.05, 0) is 70.6 Å². The number of carbonyl (C=O) groups is 1. The van der Waals surface area contributed by atoms with Crippen molar-refractivity contribution in [1.29, 1.82) is 0 Å². The number of benzene rings is 1. The third-order valence-corrected chi connectivity index (χ3v) is 6.66. The summed E-state index contributed by atoms with van der Waals surface area (Å²) in [5.74, 6) is 0.899. The van der Waals surface area contributed by atoms with Gasteiger partial charge in [-0.3, -0.25) is 14.7 Å². The summed E-state index contributed by atoms with van der Waals surface area (Å²) in [4.78, 5) is 21.1. The number of hydrogen-bond acceptors (Lipinski definition) is 4. The maximum atomic E-state index is 11.3. The monoisotopic (exact) mass is 442 g/mol. The molecule has 178 valence electrons. The highest BCUT2D eigenvalue weighted by molar-refractivity contribution is 5.80. The number of carbonyl (C=O) groups excluding carboxylic acids is 1. The van der Waals surface area contributed by atoms with Crippen molar-refractivity contribution >= 4 is 11.9 Å². The van der Waals surface area contributed by atoms with E-state index in [2.05, 4.69) is 57.7 Å². The van der Waals surface area contributed by atoms with E-state index in [-0.39, 0.29) is 11.8 Å². The van der Waals surface area contributed by atoms with Crippen LogP contribution in [0.2, 0.25) is 0 Å². The van der Waals surface area contributed by atoms with Gasteiger partial charge < -0.3 is 21.3 Å². The lowest BCUT2D eigenvalue weighted by molar-refractivity contribution is -0.123. The molecule has 0 bridgehead atoms. The predicted molar refractivity (Wildman–Crippen MR) is 131 cm³/mol. The second-order valence-corrected chi connectivity index (χ2v) is 9.17. The molecule has 0 atom stereocenters. The molecule has 2 saturated heterocycles. The van der Waals surface area contributed by atoms with E-state index < -0.39 is 0 Å². The summed E-state index contributed by atoms with van der Waals surface area (Å²) >= 11 is 0. The van der Waals surface area contributed by atoms with Crippen LogP contribution in [0.4, 0.5) is 0 Å². The third kappa shape index (κ3) is 8.43. The molecule has 0 radical (unpaired) electrons. The molecule has 3 rings (SSSR count). The van der Waals surface area contributed by atoms with Crippen LogP contribution in [0.3, 0.4) is 0 Å². The summed E-state index contributed by atoms with van der Waals surface area (Å²) in [6.07, 6.45) is 6.35. The van der Waals surface area contributed by atoms with Crippen LogP contribution in [0.15, 0.2) is 35.3 Å². The van der Waals surface area contributed by atoms with Gasteiger partial charge in [0, 0.05) is 44.7 Å². The topological polar surface area (TPSA) is 86.0 Å². The number of nitrogens with zero attached hydrogens (tertiary/aromatic N) is 3. The van der Waals surface area contributed by atoms with Crippen molar-refractivity contribution < 1.29 is 4.79 Å². The second-order valence-electron chi connectivity index (χ2n) is 9.17. The highest BCUT2D eigenvalue weighted by atomic mass is 16.1. The molecule has 7 heteroatoms. The molecule has 1 amide bonds. The Morgan fingerprint density at radius 1 is 1.03 bits per heavy atom. The Morgan fingerprint density at radius 3 is 2.38 bits per heavy atom. The Kier molecular flexibility index (Phi) is 10.3. The molecule has 1 aromatic rings. The number of hydrogen-bond donors (Lipinski definition) is 3. The standard InChI is InChI=1S/C25H42N6O/c1-2-27-25(28-14-6-7-15-30-16-10-22(11-17-30)24(26)32)29-23-12-18-31(19-13-23)20-21-8-4-3-5-9-21/h3-5,8-9,22-23H,2,6-7,10-20H2,1H3,(H2,26,32)(H2,27,28,29). The van der Waals surface area contributed by atoms with Crippen molar-refractivity contribution in [2.45, 2.75) is 58.0 Å². The van der Waals surface area contributed by atoms with Crippen molar-refractivity contribution in [2.75, 3.05) is 45.8 Å². The van der Waals surface area contributed by atoms with Gasteiger partial charge in [0.15, 0.2) is 5.96 Å². The second kappa shape index (κ2) is 13.4. The molecule has 0 spiro atoms. The molecule has 2 fully saturated rings. The Balaban J connectivity index is 1.31. The lowest BCUT2D eigenvalue weighted by Crippen LogP contribution is -2.48. The number of nitrogens with one attached hydrogen (secondary N) is 2. The summed E-state index contributed by atoms with van der Waals surface area (Å²) in [5.41, 5.74) is 6.82. The zero-order valence-corrected chi connectivity index (χ0v) is 19.8. The van der Waals surface area contributed by atoms with E-state index in [0.29, 0.717) is 6.04 Å². The first-order valence-corrected chi connectivity index (χ1v) is 12.5. The van der Waals surface area contributed by atoms with E-state index in [1.54, 1.807) is 0 Å². The number of guanidine groups is 1. The van der Waals surface area contributed by atoms with Crippen molar-refractivity contribution in [2.24, 2.45) is 16.6 Å². The quantitative estimate of drug-likeness (QED) is 0.294. The van der Waals surface area contributed by atoms with Crippen LogP contribution < -0.4 is 16.4 Å². The third-order valence-electron chi connectivity index (χ3n) is 6.66. The molecule has 7 nitrogen and oxygen atoms in total. The smallest absolute Gasteiger partial charge is 0.220 e. The summed E-state index contributed by atoms with van der Waals surface area (Å²) in [6, 6.07) is 11.2. The first-order chi connectivity index (χ1) is 15.6. The Labute approximate surface area is 193 Å². The van der Waals surface area contributed by atoms with Gasteiger partial charge in [-0.2, -0.15) is 0 Å². The summed E-state index contributed by atoms with van der Waals surface area (Å²) in [6.45, 7) is 10.2. The Hall–Kier alpha value is -2.12. The zero-order valence-electron chi connectivity index (χ0n) is 19.8. The molecule has 2 heterocycles. The minimum absolute atomic E-state index is 0.0785. The van der Waals surface area contributed by atoms with E-state index in [1.165, 1.54) is 5.56 Å². The minimum atomic E-state index is -0.135. The fraction of sp³-hybridized carbons (Fsp3) is 0.680. The van der Waals surface area contributed by atoms with Gasteiger partial charge in [0.25, 0.3) is 0 Å². The normalized spacial score (nSPS) is 19.7. The fourth-order valence-corrected chi connectivity index (χ4v) is 4.67. The van der Waals surface area contributed by atoms with Crippen LogP contribution in [0.25, 0.3) is 0 Å². The van der Waals surface area contributed by atoms with Gasteiger partial charge in [0.05, 0.1) is 0 Å². The molecular weight excluding hydrogens is 400 g/mol. The molecule has 32 heavy (non-hydrogen) atoms. The van der Waals surface area contributed by atoms with Crippen LogP contribution in [0, 0.1) is 5.92 Å². The van der Waals surface area contributed by atoms with E-state index in [1.807, 2.05) is 0 Å². The molecule has 0 aliphatic carbocycles. The SMILES string of the molecule is CCNC(=NCCCCN1CCC(C(N)=O)CC1)NC1CCN(Cc2ccccc2)CC1. The van der Waals surface area contributed by atoms with Gasteiger partial charge in [0.2, 0.25) is 5.91 Å². The van der Waals surface area contributed by atoms with E-state index >= 15 is 0 Å². The molecular formula is C25H42N6O. The average molecular weight is 443 g/mol. The van der Waals surface area contributed by atoms with Crippen molar-refractivity contribution in [3.8, 4) is 0 Å². The lowest BCUT2D eigenvalue weighted by Gasteiger charge is -2.33. The van der Waals surface area contributed by atoms with Gasteiger partial charge in [0.1, 0.15) is 0 Å². The molecule has 0 unspecified atom stereocenters. The molecule has 1 aromatic carbocycles. The number of piperidine rings is 2. The van der Waals surface area contributed by atoms with E-state index in [0.717, 1.165) is 96.8 Å². The van der Waals surface area contributed by atoms with Crippen LogP contribution in [0.1, 0.15) is 51.0 Å². The summed E-state index contributed by atoms with van der Waals surface area (Å²) < 4.78 is 0. The number of likely N-dealkylation sites (tertiary alicyclic amines) is 2. The maximum Gasteiger partial charge on any atom is 0.220 e. The highest BCUT2D eigenvalue weighted by Crippen LogP contribution is 2.17. The first kappa shape index (κ1) is 24.5. The molecule has 0 saturated carbocycles. The van der Waals surface area contributed by atoms with Crippen LogP contribution in [-0.4, -0.2) is 73.5 Å². The number of amides is 1. The fourth-order valence-electron chi connectivity index (χ4n) is 4.67. The van der Waals surface area contributed by atoms with E-state index in [4.69, 9.17) is 10.7 Å². The number of nitrogens with two attached hydrogens (primary N) is 1. The Morgan fingerprint density at radius 2 is 1.72 bits per heavy atom. The van der Waals surface area contributed by atoms with Crippen molar-refractivity contribution in [1.82, 2.24) is 20.4 Å². The number of aliphatic imine (C=N–C) groups is 1. The van der Waals surface area contributed by atoms with E-state index in [9.17, 15) is 4.79 Å². The highest BCUT2D eigenvalue weighted by Gasteiger charge is 2.22. The van der Waals surface area contributed by atoms with Gasteiger partial charge in [-0.15, -0.1) is 0 Å². The van der Waals surface area contributed by atoms with Gasteiger partial charge >= 0.3 is 0 Å². The largest absolute Gasteiger partial charge is 0.369 e. The lowest BCUT2D eigenvalue weighted by atomic mass is 9.96. The van der Waals surface area contributed by atoms with Crippen LogP contribution in [-0.2, 0) is 11.3 Å². The molecule has 2 aliphatic heterocycles. The molecule has 2 aliphatic rings. The predicted octanol–water partition coefficient (Wildman–Crippen LogP) is 2.18. The Bertz CT molecular complexity index is 694. The molecule has 0 aromatic heterocycles. The average Bonchev–Trinajstić information content (AvgIpc) is 2.81. The summed E-state index contributed by atoms with van der Waals surface area (Å²) in [7, 11) is 0. The number of rotatable bonds is 10. The molecule has 4 N–H and O–H groups in total. The number of primary amides is 1. The summed E-state index contributed by atoms with van der Waals surface area (Å²) in [5, 5.41) is 7.06. The van der Waals surface area contributed by atoms with Crippen LogP contribution >= 0.6 is 0 Å².